The van der Waals surface area contributed by atoms with E-state index in [9.17, 15) is 0 Å². The van der Waals surface area contributed by atoms with Gasteiger partial charge in [0.1, 0.15) is 6.10 Å². The van der Waals surface area contributed by atoms with Crippen LogP contribution in [0.2, 0.25) is 0 Å². The Hall–Kier alpha value is 0.674. The molecule has 0 saturated carbocycles. The second-order valence-corrected chi connectivity index (χ2v) is 1.15. The maximum Gasteiger partial charge on any atom is 4.00 e. The molecule has 2 N–H and O–H groups in total. The van der Waals surface area contributed by atoms with Crippen molar-refractivity contribution in [3.63, 3.8) is 0 Å². The molecule has 0 aromatic heterocycles. The topological polar surface area (TPSA) is 22.9 Å². The molecule has 0 radical (unpaired) electrons. The fourth-order valence-electron chi connectivity index (χ4n) is 0. The molecule has 2 heteroatoms. The van der Waals surface area contributed by atoms with Gasteiger partial charge in [0, 0.05) is 13.8 Å². The molecule has 0 spiro atoms. The minimum Gasteiger partial charge on any atom is -0.444 e. The maximum absolute atomic E-state index is 6.58. The quantitative estimate of drug-likeness (QED) is 0.311. The summed E-state index contributed by atoms with van der Waals surface area (Å²) < 4.78 is 0. The fraction of sp³-hybridized carbons (Fsp3) is 1.00. The Morgan fingerprint density at radius 1 is 1.40 bits per heavy atom. The van der Waals surface area contributed by atoms with E-state index in [4.69, 9.17) is 5.11 Å². The van der Waals surface area contributed by atoms with Crippen molar-refractivity contribution in [2.45, 2.75) is 20.0 Å². The largest absolute Gasteiger partial charge is 4.00 e. The summed E-state index contributed by atoms with van der Waals surface area (Å²) in [6.45, 7) is 3.67. The van der Waals surface area contributed by atoms with Crippen LogP contribution in [0.5, 0.6) is 0 Å². The molecule has 0 aliphatic carbocycles. The predicted molar refractivity (Wildman–Crippen MR) is 18.7 cm³/mol. The van der Waals surface area contributed by atoms with Crippen LogP contribution in [-0.4, -0.2) is 11.2 Å². The second-order valence-electron chi connectivity index (χ2n) is 1.15. The fourth-order valence-corrected chi connectivity index (χ4v) is 0. The summed E-state index contributed by atoms with van der Waals surface area (Å²) in [5.41, 5.74) is 0. The molecular formula is C3H9OTi+5. The van der Waals surface area contributed by atoms with Crippen molar-refractivity contribution in [2.75, 3.05) is 0 Å². The first kappa shape index (κ1) is 9.18. The maximum atomic E-state index is 6.58. The average Bonchev–Trinajstić information content (AvgIpc) is 0.811. The van der Waals surface area contributed by atoms with Crippen LogP contribution in [0.15, 0.2) is 0 Å². The van der Waals surface area contributed by atoms with Crippen molar-refractivity contribution >= 4 is 0 Å². The van der Waals surface area contributed by atoms with Gasteiger partial charge in [-0.05, 0) is 0 Å². The molecule has 0 rings (SSSR count). The monoisotopic (exact) mass is 109 g/mol. The van der Waals surface area contributed by atoms with E-state index in [0.29, 0.717) is 0 Å². The molecule has 0 aliphatic heterocycles. The third-order valence-electron chi connectivity index (χ3n) is 0. The first-order valence-electron chi connectivity index (χ1n) is 1.44. The van der Waals surface area contributed by atoms with E-state index in [1.807, 2.05) is 13.8 Å². The van der Waals surface area contributed by atoms with Crippen LogP contribution >= 0.6 is 0 Å². The van der Waals surface area contributed by atoms with Crippen molar-refractivity contribution in [2.24, 2.45) is 0 Å². The smallest absolute Gasteiger partial charge is 0.444 e. The molecule has 0 unspecified atom stereocenters. The Labute approximate surface area is 47.3 Å². The van der Waals surface area contributed by atoms with Gasteiger partial charge >= 0.3 is 21.7 Å². The summed E-state index contributed by atoms with van der Waals surface area (Å²) in [4.78, 5) is 0. The van der Waals surface area contributed by atoms with Gasteiger partial charge in [0.05, 0.1) is 0 Å². The van der Waals surface area contributed by atoms with E-state index in [1.165, 1.54) is 0 Å². The van der Waals surface area contributed by atoms with E-state index in [-0.39, 0.29) is 27.8 Å². The summed E-state index contributed by atoms with van der Waals surface area (Å²) in [5, 5.41) is 6.58. The van der Waals surface area contributed by atoms with Gasteiger partial charge in [-0.1, -0.05) is 0 Å². The zero-order chi connectivity index (χ0) is 3.58. The molecule has 0 aliphatic rings. The van der Waals surface area contributed by atoms with Crippen molar-refractivity contribution in [3.05, 3.63) is 0 Å². The standard InChI is InChI=1S/C3H8O.Ti/c1-3(2)4;/h3-4H,1-2H3;/q;+4/p+1. The minimum absolute atomic E-state index is 0. The molecule has 0 aromatic carbocycles. The summed E-state index contributed by atoms with van der Waals surface area (Å²) in [5.74, 6) is 0. The van der Waals surface area contributed by atoms with Crippen molar-refractivity contribution in [1.82, 2.24) is 0 Å². The molecule has 5 heavy (non-hydrogen) atoms. The van der Waals surface area contributed by atoms with Crippen LogP contribution in [0.4, 0.5) is 0 Å². The van der Waals surface area contributed by atoms with Crippen LogP contribution in [-0.2, 0) is 21.7 Å². The first-order valence-corrected chi connectivity index (χ1v) is 1.44. The van der Waals surface area contributed by atoms with Crippen molar-refractivity contribution in [1.29, 1.82) is 0 Å². The van der Waals surface area contributed by atoms with Gasteiger partial charge in [-0.3, -0.25) is 0 Å². The molecule has 26 valence electrons. The van der Waals surface area contributed by atoms with E-state index in [2.05, 4.69) is 0 Å². The molecule has 0 amide bonds. The average molecular weight is 109 g/mol. The third-order valence-corrected chi connectivity index (χ3v) is 0. The molecule has 0 atom stereocenters. The molecule has 0 saturated heterocycles. The van der Waals surface area contributed by atoms with Gasteiger partial charge in [0.15, 0.2) is 0 Å². The van der Waals surface area contributed by atoms with Crippen LogP contribution in [0, 0.1) is 0 Å². The summed E-state index contributed by atoms with van der Waals surface area (Å²) in [6.07, 6.45) is 0.0833. The first-order chi connectivity index (χ1) is 1.73. The van der Waals surface area contributed by atoms with Gasteiger partial charge in [-0.15, -0.1) is 0 Å². The normalized spacial score (nSPS) is 7.20. The van der Waals surface area contributed by atoms with Gasteiger partial charge in [-0.2, -0.15) is 0 Å². The van der Waals surface area contributed by atoms with E-state index in [0.717, 1.165) is 0 Å². The number of hydrogen-bond acceptors (Lipinski definition) is 0. The van der Waals surface area contributed by atoms with E-state index >= 15 is 0 Å². The van der Waals surface area contributed by atoms with Crippen LogP contribution in [0.1, 0.15) is 13.8 Å². The zero-order valence-corrected chi connectivity index (χ0v) is 5.14. The number of hydrogen-bond donors (Lipinski definition) is 0. The van der Waals surface area contributed by atoms with Crippen LogP contribution in [0.25, 0.3) is 0 Å². The van der Waals surface area contributed by atoms with Gasteiger partial charge in [0.2, 0.25) is 0 Å². The minimum atomic E-state index is 0. The molecular weight excluding hydrogens is 99.9 g/mol. The predicted octanol–water partition coefficient (Wildman–Crippen LogP) is 0.117. The van der Waals surface area contributed by atoms with Crippen LogP contribution in [0.3, 0.4) is 0 Å². The van der Waals surface area contributed by atoms with Crippen molar-refractivity contribution < 1.29 is 26.8 Å². The zero-order valence-electron chi connectivity index (χ0n) is 3.58. The Bertz CT molecular complexity index is 11.6. The Morgan fingerprint density at radius 3 is 1.40 bits per heavy atom. The van der Waals surface area contributed by atoms with Gasteiger partial charge < -0.3 is 5.11 Å². The Morgan fingerprint density at radius 2 is 1.40 bits per heavy atom. The van der Waals surface area contributed by atoms with E-state index < -0.39 is 0 Å². The van der Waals surface area contributed by atoms with Gasteiger partial charge in [-0.25, -0.2) is 0 Å². The summed E-state index contributed by atoms with van der Waals surface area (Å²) >= 11 is 0. The van der Waals surface area contributed by atoms with E-state index in [1.54, 1.807) is 0 Å². The molecule has 0 fully saturated rings. The number of rotatable bonds is 0. The summed E-state index contributed by atoms with van der Waals surface area (Å²) in [6, 6.07) is 0. The second kappa shape index (κ2) is 4.67. The Balaban J connectivity index is 0. The molecule has 0 bridgehead atoms. The third kappa shape index (κ3) is 73.5. The SMILES string of the molecule is CC(C)[OH2+].[Ti+4]. The van der Waals surface area contributed by atoms with Crippen LogP contribution < -0.4 is 0 Å². The molecule has 0 aromatic rings. The molecule has 0 heterocycles. The van der Waals surface area contributed by atoms with Gasteiger partial charge in [0.25, 0.3) is 0 Å². The molecule has 1 nitrogen and oxygen atoms in total. The summed E-state index contributed by atoms with van der Waals surface area (Å²) in [7, 11) is 0. The Kier molecular flexibility index (Phi) is 8.59. The van der Waals surface area contributed by atoms with Crippen molar-refractivity contribution in [3.8, 4) is 0 Å².